The van der Waals surface area contributed by atoms with E-state index >= 15 is 0 Å². The Hall–Kier alpha value is -3.43. The van der Waals surface area contributed by atoms with Crippen LogP contribution in [0.4, 0.5) is 10.1 Å². The Bertz CT molecular complexity index is 1220. The van der Waals surface area contributed by atoms with Gasteiger partial charge in [0.25, 0.3) is 5.91 Å². The van der Waals surface area contributed by atoms with Gasteiger partial charge in [0.2, 0.25) is 5.01 Å². The fourth-order valence-electron chi connectivity index (χ4n) is 3.41. The van der Waals surface area contributed by atoms with E-state index in [9.17, 15) is 9.18 Å². The summed E-state index contributed by atoms with van der Waals surface area (Å²) in [5.41, 5.74) is 4.77. The molecule has 2 aromatic heterocycles. The predicted octanol–water partition coefficient (Wildman–Crippen LogP) is 4.36. The van der Waals surface area contributed by atoms with Crippen molar-refractivity contribution in [2.45, 2.75) is 26.9 Å². The topological polar surface area (TPSA) is 75.9 Å². The lowest BCUT2D eigenvalue weighted by atomic mass is 10.2. The molecule has 0 atom stereocenters. The van der Waals surface area contributed by atoms with Crippen LogP contribution >= 0.6 is 11.3 Å². The number of hydrogen-bond acceptors (Lipinski definition) is 6. The van der Waals surface area contributed by atoms with Crippen LogP contribution < -0.4 is 5.32 Å². The molecule has 0 unspecified atom stereocenters. The summed E-state index contributed by atoms with van der Waals surface area (Å²) in [5, 5.41) is 16.6. The zero-order valence-electron chi connectivity index (χ0n) is 18.0. The molecule has 0 aliphatic rings. The van der Waals surface area contributed by atoms with Gasteiger partial charge in [0.15, 0.2) is 0 Å². The van der Waals surface area contributed by atoms with Crippen molar-refractivity contribution in [3.63, 3.8) is 0 Å². The van der Waals surface area contributed by atoms with Gasteiger partial charge in [-0.2, -0.15) is 5.10 Å². The minimum Gasteiger partial charge on any atom is -0.320 e. The van der Waals surface area contributed by atoms with E-state index in [1.807, 2.05) is 49.0 Å². The predicted molar refractivity (Wildman–Crippen MR) is 122 cm³/mol. The SMILES string of the molecule is Cc1nn(-c2ccccc2)c(C)c1CN(C)Cc1nnc(C(=O)Nc2ccc(F)cc2)s1. The number of carbonyl (C=O) groups excluding carboxylic acids is 1. The number of nitrogens with one attached hydrogen (secondary N) is 1. The third-order valence-electron chi connectivity index (χ3n) is 5.04. The number of rotatable bonds is 7. The molecule has 1 amide bonds. The molecule has 0 fully saturated rings. The Balaban J connectivity index is 1.40. The van der Waals surface area contributed by atoms with E-state index in [1.165, 1.54) is 35.6 Å². The highest BCUT2D eigenvalue weighted by molar-refractivity contribution is 7.13. The zero-order chi connectivity index (χ0) is 22.7. The van der Waals surface area contributed by atoms with Gasteiger partial charge >= 0.3 is 0 Å². The number of para-hydroxylation sites is 1. The summed E-state index contributed by atoms with van der Waals surface area (Å²) < 4.78 is 15.0. The number of halogens is 1. The van der Waals surface area contributed by atoms with Gasteiger partial charge in [0.05, 0.1) is 17.9 Å². The molecule has 0 bridgehead atoms. The number of aryl methyl sites for hydroxylation is 1. The normalized spacial score (nSPS) is 11.2. The highest BCUT2D eigenvalue weighted by atomic mass is 32.1. The molecule has 0 spiro atoms. The zero-order valence-corrected chi connectivity index (χ0v) is 18.9. The first-order chi connectivity index (χ1) is 15.4. The number of aromatic nitrogens is 4. The number of carbonyl (C=O) groups is 1. The van der Waals surface area contributed by atoms with Gasteiger partial charge in [-0.1, -0.05) is 29.5 Å². The molecule has 0 radical (unpaired) electrons. The van der Waals surface area contributed by atoms with Crippen molar-refractivity contribution in [3.8, 4) is 5.69 Å². The highest BCUT2D eigenvalue weighted by Crippen LogP contribution is 2.21. The van der Waals surface area contributed by atoms with Gasteiger partial charge in [0.1, 0.15) is 10.8 Å². The summed E-state index contributed by atoms with van der Waals surface area (Å²) in [6.07, 6.45) is 0. The molecule has 0 saturated carbocycles. The van der Waals surface area contributed by atoms with Crippen LogP contribution in [0.3, 0.4) is 0 Å². The monoisotopic (exact) mass is 450 g/mol. The van der Waals surface area contributed by atoms with Gasteiger partial charge in [-0.05, 0) is 57.3 Å². The summed E-state index contributed by atoms with van der Waals surface area (Å²) in [6, 6.07) is 15.6. The fourth-order valence-corrected chi connectivity index (χ4v) is 4.22. The van der Waals surface area contributed by atoms with Crippen LogP contribution in [-0.2, 0) is 13.1 Å². The minimum atomic E-state index is -0.362. The van der Waals surface area contributed by atoms with Crippen molar-refractivity contribution >= 4 is 22.9 Å². The third-order valence-corrected chi connectivity index (χ3v) is 5.95. The third kappa shape index (κ3) is 4.90. The van der Waals surface area contributed by atoms with Crippen LogP contribution in [0.2, 0.25) is 0 Å². The molecule has 7 nitrogen and oxygen atoms in total. The number of hydrogen-bond donors (Lipinski definition) is 1. The van der Waals surface area contributed by atoms with Crippen molar-refractivity contribution < 1.29 is 9.18 Å². The first kappa shape index (κ1) is 21.8. The molecular formula is C23H23FN6OS. The summed E-state index contributed by atoms with van der Waals surface area (Å²) in [4.78, 5) is 14.5. The van der Waals surface area contributed by atoms with Crippen LogP contribution in [0.5, 0.6) is 0 Å². The fraction of sp³-hybridized carbons (Fsp3) is 0.217. The van der Waals surface area contributed by atoms with E-state index in [0.717, 1.165) is 27.6 Å². The first-order valence-electron chi connectivity index (χ1n) is 10.1. The Labute approximate surface area is 189 Å². The second-order valence-corrected chi connectivity index (χ2v) is 8.59. The largest absolute Gasteiger partial charge is 0.320 e. The van der Waals surface area contributed by atoms with Crippen LogP contribution in [0, 0.1) is 19.7 Å². The molecule has 0 saturated heterocycles. The van der Waals surface area contributed by atoms with Gasteiger partial charge in [-0.3, -0.25) is 9.69 Å². The van der Waals surface area contributed by atoms with Crippen molar-refractivity contribution in [1.29, 1.82) is 0 Å². The number of nitrogens with zero attached hydrogens (tertiary/aromatic N) is 5. The molecule has 0 aliphatic heterocycles. The lowest BCUT2D eigenvalue weighted by Crippen LogP contribution is -2.18. The highest BCUT2D eigenvalue weighted by Gasteiger charge is 2.17. The van der Waals surface area contributed by atoms with E-state index < -0.39 is 0 Å². The maximum atomic E-state index is 13.0. The summed E-state index contributed by atoms with van der Waals surface area (Å²) in [6.45, 7) is 5.33. The Morgan fingerprint density at radius 1 is 1.06 bits per heavy atom. The lowest BCUT2D eigenvalue weighted by molar-refractivity contribution is 0.102. The van der Waals surface area contributed by atoms with E-state index in [-0.39, 0.29) is 16.7 Å². The van der Waals surface area contributed by atoms with Crippen molar-refractivity contribution in [1.82, 2.24) is 24.9 Å². The van der Waals surface area contributed by atoms with Gasteiger partial charge in [-0.15, -0.1) is 10.2 Å². The van der Waals surface area contributed by atoms with Crippen LogP contribution in [0.25, 0.3) is 5.69 Å². The van der Waals surface area contributed by atoms with E-state index in [0.29, 0.717) is 18.8 Å². The van der Waals surface area contributed by atoms with Crippen LogP contribution in [-0.4, -0.2) is 37.8 Å². The number of amides is 1. The molecule has 9 heteroatoms. The molecule has 1 N–H and O–H groups in total. The van der Waals surface area contributed by atoms with E-state index in [4.69, 9.17) is 5.10 Å². The standard InChI is InChI=1S/C23H23FN6OS/c1-15-20(16(2)30(28-15)19-7-5-4-6-8-19)13-29(3)14-21-26-27-23(32-21)22(31)25-18-11-9-17(24)10-12-18/h4-12H,13-14H2,1-3H3,(H,25,31). The molecule has 0 aliphatic carbocycles. The molecule has 2 heterocycles. The smallest absolute Gasteiger partial charge is 0.286 e. The molecular weight excluding hydrogens is 427 g/mol. The van der Waals surface area contributed by atoms with Crippen molar-refractivity contribution in [3.05, 3.63) is 87.4 Å². The molecule has 4 aromatic rings. The lowest BCUT2D eigenvalue weighted by Gasteiger charge is -2.15. The van der Waals surface area contributed by atoms with E-state index in [1.54, 1.807) is 0 Å². The molecule has 32 heavy (non-hydrogen) atoms. The quantitative estimate of drug-likeness (QED) is 0.453. The summed E-state index contributed by atoms with van der Waals surface area (Å²) >= 11 is 1.24. The Kier molecular flexibility index (Phi) is 6.38. The summed E-state index contributed by atoms with van der Waals surface area (Å²) in [7, 11) is 2.00. The van der Waals surface area contributed by atoms with Gasteiger partial charge in [-0.25, -0.2) is 9.07 Å². The minimum absolute atomic E-state index is 0.266. The maximum absolute atomic E-state index is 13.0. The summed E-state index contributed by atoms with van der Waals surface area (Å²) in [5.74, 6) is -0.720. The number of anilines is 1. The maximum Gasteiger partial charge on any atom is 0.286 e. The first-order valence-corrected chi connectivity index (χ1v) is 10.9. The van der Waals surface area contributed by atoms with Crippen molar-refractivity contribution in [2.75, 3.05) is 12.4 Å². The van der Waals surface area contributed by atoms with Crippen LogP contribution in [0.15, 0.2) is 54.6 Å². The molecule has 164 valence electrons. The van der Waals surface area contributed by atoms with Crippen molar-refractivity contribution in [2.24, 2.45) is 0 Å². The van der Waals surface area contributed by atoms with Gasteiger partial charge < -0.3 is 5.32 Å². The van der Waals surface area contributed by atoms with Gasteiger partial charge in [0, 0.05) is 23.5 Å². The van der Waals surface area contributed by atoms with Crippen LogP contribution in [0.1, 0.15) is 31.8 Å². The molecule has 4 rings (SSSR count). The second-order valence-electron chi connectivity index (χ2n) is 7.53. The average molecular weight is 451 g/mol. The van der Waals surface area contributed by atoms with E-state index in [2.05, 4.69) is 27.3 Å². The Morgan fingerprint density at radius 3 is 2.50 bits per heavy atom. The molecule has 2 aromatic carbocycles. The number of benzene rings is 2. The average Bonchev–Trinajstić information content (AvgIpc) is 3.36. The Morgan fingerprint density at radius 2 is 1.78 bits per heavy atom. The second kappa shape index (κ2) is 9.37.